The third-order valence-electron chi connectivity index (χ3n) is 4.34. The number of hydrogen-bond acceptors (Lipinski definition) is 2. The Balaban J connectivity index is 1.74. The minimum absolute atomic E-state index is 0.527. The van der Waals surface area contributed by atoms with Crippen LogP contribution >= 0.6 is 0 Å². The monoisotopic (exact) mass is 211 g/mol. The molecule has 2 saturated carbocycles. The average molecular weight is 211 g/mol. The molecule has 3 atom stereocenters. The Morgan fingerprint density at radius 2 is 1.80 bits per heavy atom. The lowest BCUT2D eigenvalue weighted by molar-refractivity contribution is 0.00912. The fourth-order valence-electron chi connectivity index (χ4n) is 2.96. The Kier molecular flexibility index (Phi) is 3.68. The van der Waals surface area contributed by atoms with Crippen LogP contribution in [0.1, 0.15) is 46.0 Å². The molecule has 0 heterocycles. The largest absolute Gasteiger partial charge is 0.381 e. The average Bonchev–Trinajstić information content (AvgIpc) is 2.16. The van der Waals surface area contributed by atoms with E-state index in [0.717, 1.165) is 23.9 Å². The summed E-state index contributed by atoms with van der Waals surface area (Å²) in [5.41, 5.74) is 0. The molecule has 0 aromatic carbocycles. The van der Waals surface area contributed by atoms with Gasteiger partial charge in [-0.3, -0.25) is 0 Å². The van der Waals surface area contributed by atoms with Crippen molar-refractivity contribution in [1.29, 1.82) is 0 Å². The summed E-state index contributed by atoms with van der Waals surface area (Å²) in [5, 5.41) is 3.82. The zero-order valence-corrected chi connectivity index (χ0v) is 10.3. The number of nitrogens with one attached hydrogen (secondary N) is 1. The van der Waals surface area contributed by atoms with Crippen LogP contribution < -0.4 is 5.32 Å². The van der Waals surface area contributed by atoms with Crippen LogP contribution in [0.3, 0.4) is 0 Å². The fourth-order valence-corrected chi connectivity index (χ4v) is 2.96. The van der Waals surface area contributed by atoms with Gasteiger partial charge in [0, 0.05) is 19.2 Å². The minimum Gasteiger partial charge on any atom is -0.381 e. The van der Waals surface area contributed by atoms with E-state index in [1.54, 1.807) is 0 Å². The Hall–Kier alpha value is -0.0800. The van der Waals surface area contributed by atoms with Crippen molar-refractivity contribution in [3.05, 3.63) is 0 Å². The lowest BCUT2D eigenvalue weighted by Crippen LogP contribution is -2.52. The summed E-state index contributed by atoms with van der Waals surface area (Å²) in [5.74, 6) is 1.78. The summed E-state index contributed by atoms with van der Waals surface area (Å²) in [4.78, 5) is 0. The van der Waals surface area contributed by atoms with E-state index in [0.29, 0.717) is 6.10 Å². The number of rotatable bonds is 3. The highest BCUT2D eigenvalue weighted by atomic mass is 16.5. The van der Waals surface area contributed by atoms with Gasteiger partial charge in [0.25, 0.3) is 0 Å². The van der Waals surface area contributed by atoms with Crippen LogP contribution in [0.4, 0.5) is 0 Å². The molecular weight excluding hydrogens is 186 g/mol. The van der Waals surface area contributed by atoms with E-state index in [-0.39, 0.29) is 0 Å². The van der Waals surface area contributed by atoms with Gasteiger partial charge in [-0.1, -0.05) is 20.3 Å². The molecule has 0 aromatic heterocycles. The van der Waals surface area contributed by atoms with E-state index in [2.05, 4.69) is 19.2 Å². The Morgan fingerprint density at radius 1 is 1.07 bits per heavy atom. The Labute approximate surface area is 93.8 Å². The van der Waals surface area contributed by atoms with Gasteiger partial charge >= 0.3 is 0 Å². The molecular formula is C13H25NO. The van der Waals surface area contributed by atoms with E-state index in [9.17, 15) is 0 Å². The van der Waals surface area contributed by atoms with Gasteiger partial charge in [-0.25, -0.2) is 0 Å². The normalized spacial score (nSPS) is 46.2. The predicted molar refractivity (Wildman–Crippen MR) is 62.9 cm³/mol. The molecule has 0 aliphatic heterocycles. The lowest BCUT2D eigenvalue weighted by atomic mass is 9.78. The molecule has 0 radical (unpaired) electrons. The zero-order valence-electron chi connectivity index (χ0n) is 10.3. The van der Waals surface area contributed by atoms with Gasteiger partial charge in [-0.15, -0.1) is 0 Å². The van der Waals surface area contributed by atoms with Crippen LogP contribution in [0.25, 0.3) is 0 Å². The van der Waals surface area contributed by atoms with E-state index in [1.165, 1.54) is 32.1 Å². The van der Waals surface area contributed by atoms with Crippen LogP contribution in [-0.4, -0.2) is 25.3 Å². The maximum absolute atomic E-state index is 5.31. The van der Waals surface area contributed by atoms with E-state index in [4.69, 9.17) is 4.74 Å². The predicted octanol–water partition coefficient (Wildman–Crippen LogP) is 2.58. The summed E-state index contributed by atoms with van der Waals surface area (Å²) in [6.07, 6.45) is 7.15. The lowest BCUT2D eigenvalue weighted by Gasteiger charge is -2.41. The van der Waals surface area contributed by atoms with Crippen LogP contribution in [0, 0.1) is 11.8 Å². The van der Waals surface area contributed by atoms with Crippen molar-refractivity contribution in [2.24, 2.45) is 11.8 Å². The van der Waals surface area contributed by atoms with Gasteiger partial charge in [-0.05, 0) is 37.5 Å². The fraction of sp³-hybridized carbons (Fsp3) is 1.00. The minimum atomic E-state index is 0.527. The first-order valence-electron chi connectivity index (χ1n) is 6.48. The third-order valence-corrected chi connectivity index (χ3v) is 4.34. The summed E-state index contributed by atoms with van der Waals surface area (Å²) in [7, 11) is 1.83. The van der Waals surface area contributed by atoms with Crippen molar-refractivity contribution >= 4 is 0 Å². The highest BCUT2D eigenvalue weighted by Gasteiger charge is 2.33. The van der Waals surface area contributed by atoms with Gasteiger partial charge in [0.15, 0.2) is 0 Å². The molecule has 2 fully saturated rings. The second kappa shape index (κ2) is 4.84. The summed E-state index contributed by atoms with van der Waals surface area (Å²) in [6, 6.07) is 1.49. The molecule has 0 aromatic rings. The molecule has 0 amide bonds. The maximum atomic E-state index is 5.31. The van der Waals surface area contributed by atoms with Gasteiger partial charge in [0.05, 0.1) is 6.10 Å². The molecule has 2 nitrogen and oxygen atoms in total. The summed E-state index contributed by atoms with van der Waals surface area (Å²) in [6.45, 7) is 4.79. The van der Waals surface area contributed by atoms with Crippen molar-refractivity contribution in [3.63, 3.8) is 0 Å². The van der Waals surface area contributed by atoms with Crippen molar-refractivity contribution in [3.8, 4) is 0 Å². The number of ether oxygens (including phenoxy) is 1. The Morgan fingerprint density at radius 3 is 2.47 bits per heavy atom. The molecule has 0 bridgehead atoms. The molecule has 3 unspecified atom stereocenters. The molecule has 0 saturated heterocycles. The first-order valence-corrected chi connectivity index (χ1v) is 6.48. The van der Waals surface area contributed by atoms with Crippen LogP contribution in [-0.2, 0) is 4.74 Å². The van der Waals surface area contributed by atoms with Crippen LogP contribution in [0.15, 0.2) is 0 Å². The molecule has 88 valence electrons. The van der Waals surface area contributed by atoms with E-state index >= 15 is 0 Å². The quantitative estimate of drug-likeness (QED) is 0.774. The van der Waals surface area contributed by atoms with Gasteiger partial charge < -0.3 is 10.1 Å². The SMILES string of the molecule is COC1CC(NC2CC(C)CCC2C)C1. The second-order valence-corrected chi connectivity index (χ2v) is 5.69. The summed E-state index contributed by atoms with van der Waals surface area (Å²) >= 11 is 0. The maximum Gasteiger partial charge on any atom is 0.0601 e. The van der Waals surface area contributed by atoms with Gasteiger partial charge in [0.2, 0.25) is 0 Å². The topological polar surface area (TPSA) is 21.3 Å². The van der Waals surface area contributed by atoms with Crippen molar-refractivity contribution in [1.82, 2.24) is 5.32 Å². The first-order chi connectivity index (χ1) is 7.19. The van der Waals surface area contributed by atoms with Gasteiger partial charge in [-0.2, -0.15) is 0 Å². The zero-order chi connectivity index (χ0) is 10.8. The molecule has 2 aliphatic carbocycles. The molecule has 15 heavy (non-hydrogen) atoms. The van der Waals surface area contributed by atoms with E-state index < -0.39 is 0 Å². The molecule has 2 rings (SSSR count). The third kappa shape index (κ3) is 2.73. The van der Waals surface area contributed by atoms with Crippen molar-refractivity contribution < 1.29 is 4.74 Å². The standard InChI is InChI=1S/C13H25NO/c1-9-4-5-10(2)13(6-9)14-11-7-12(8-11)15-3/h9-14H,4-8H2,1-3H3. The number of methoxy groups -OCH3 is 1. The van der Waals surface area contributed by atoms with Crippen molar-refractivity contribution in [2.75, 3.05) is 7.11 Å². The molecule has 1 N–H and O–H groups in total. The number of hydrogen-bond donors (Lipinski definition) is 1. The summed E-state index contributed by atoms with van der Waals surface area (Å²) < 4.78 is 5.31. The smallest absolute Gasteiger partial charge is 0.0601 e. The molecule has 2 heteroatoms. The van der Waals surface area contributed by atoms with Crippen LogP contribution in [0.5, 0.6) is 0 Å². The van der Waals surface area contributed by atoms with Gasteiger partial charge in [0.1, 0.15) is 0 Å². The van der Waals surface area contributed by atoms with E-state index in [1.807, 2.05) is 7.11 Å². The first kappa shape index (κ1) is 11.4. The van der Waals surface area contributed by atoms with Crippen molar-refractivity contribution in [2.45, 2.75) is 64.1 Å². The second-order valence-electron chi connectivity index (χ2n) is 5.69. The molecule has 2 aliphatic rings. The Bertz CT molecular complexity index is 201. The molecule has 0 spiro atoms. The highest BCUT2D eigenvalue weighted by Crippen LogP contribution is 2.31. The van der Waals surface area contributed by atoms with Crippen LogP contribution in [0.2, 0.25) is 0 Å². The highest BCUT2D eigenvalue weighted by molar-refractivity contribution is 4.91.